The Morgan fingerprint density at radius 1 is 0.588 bits per heavy atom. The van der Waals surface area contributed by atoms with E-state index in [9.17, 15) is 15.3 Å². The summed E-state index contributed by atoms with van der Waals surface area (Å²) in [6, 6.07) is 19.9. The third-order valence-electron chi connectivity index (χ3n) is 5.78. The maximum atomic E-state index is 10.9. The molecule has 0 aliphatic rings. The number of hydrogen-bond acceptors (Lipinski definition) is 5. The maximum Gasteiger partial charge on any atom is 0.140 e. The monoisotopic (exact) mass is 455 g/mol. The molecule has 0 spiro atoms. The van der Waals surface area contributed by atoms with Crippen molar-refractivity contribution >= 4 is 17.1 Å². The van der Waals surface area contributed by atoms with Gasteiger partial charge >= 0.3 is 0 Å². The SMILES string of the molecule is Cc1cc(C)c(N(c2ccc(Oc3ccc(O)cc3C)cc2)c2c(C)cc(C)cc2O)c(O)c1. The Bertz CT molecular complexity index is 1260. The average Bonchev–Trinajstić information content (AvgIpc) is 2.74. The standard InChI is InChI=1S/C29H29NO4/c1-17-12-20(4)28(25(32)14-17)30(29-21(5)13-18(2)15-26(29)33)22-6-9-24(10-7-22)34-27-11-8-23(31)16-19(27)3/h6-16,31-33H,1-5H3. The zero-order chi connectivity index (χ0) is 24.6. The minimum atomic E-state index is 0.136. The van der Waals surface area contributed by atoms with Crippen LogP contribution < -0.4 is 9.64 Å². The molecule has 3 N–H and O–H groups in total. The lowest BCUT2D eigenvalue weighted by molar-refractivity contribution is 0.461. The average molecular weight is 456 g/mol. The molecule has 0 heterocycles. The van der Waals surface area contributed by atoms with Crippen LogP contribution >= 0.6 is 0 Å². The molecule has 0 aliphatic carbocycles. The number of phenols is 3. The number of ether oxygens (including phenoxy) is 1. The lowest BCUT2D eigenvalue weighted by atomic mass is 10.0. The van der Waals surface area contributed by atoms with E-state index in [2.05, 4.69) is 0 Å². The third kappa shape index (κ3) is 4.50. The Hall–Kier alpha value is -4.12. The summed E-state index contributed by atoms with van der Waals surface area (Å²) in [4.78, 5) is 1.88. The maximum absolute atomic E-state index is 10.9. The molecule has 0 aliphatic heterocycles. The number of aryl methyl sites for hydroxylation is 5. The molecule has 0 atom stereocenters. The van der Waals surface area contributed by atoms with Gasteiger partial charge in [0.1, 0.15) is 28.7 Å². The highest BCUT2D eigenvalue weighted by molar-refractivity contribution is 5.86. The summed E-state index contributed by atoms with van der Waals surface area (Å²) in [5.41, 5.74) is 6.49. The van der Waals surface area contributed by atoms with Gasteiger partial charge in [0.15, 0.2) is 0 Å². The summed E-state index contributed by atoms with van der Waals surface area (Å²) in [5.74, 6) is 1.75. The highest BCUT2D eigenvalue weighted by Crippen LogP contribution is 2.47. The van der Waals surface area contributed by atoms with Crippen molar-refractivity contribution in [1.82, 2.24) is 0 Å². The molecular formula is C29H29NO4. The molecule has 5 nitrogen and oxygen atoms in total. The third-order valence-corrected chi connectivity index (χ3v) is 5.78. The highest BCUT2D eigenvalue weighted by Gasteiger charge is 2.23. The second-order valence-corrected chi connectivity index (χ2v) is 8.78. The Kier molecular flexibility index (Phi) is 6.12. The summed E-state index contributed by atoms with van der Waals surface area (Å²) in [6.07, 6.45) is 0. The predicted molar refractivity (Wildman–Crippen MR) is 136 cm³/mol. The molecule has 0 aromatic heterocycles. The lowest BCUT2D eigenvalue weighted by Gasteiger charge is -2.30. The summed E-state index contributed by atoms with van der Waals surface area (Å²) in [7, 11) is 0. The molecule has 0 fully saturated rings. The van der Waals surface area contributed by atoms with Crippen LogP contribution in [0.5, 0.6) is 28.7 Å². The Labute approximate surface area is 200 Å². The van der Waals surface area contributed by atoms with Gasteiger partial charge in [-0.3, -0.25) is 0 Å². The van der Waals surface area contributed by atoms with Crippen LogP contribution in [-0.2, 0) is 0 Å². The second-order valence-electron chi connectivity index (χ2n) is 8.78. The fourth-order valence-electron chi connectivity index (χ4n) is 4.37. The van der Waals surface area contributed by atoms with Gasteiger partial charge in [0.2, 0.25) is 0 Å². The molecule has 0 saturated carbocycles. The molecule has 4 rings (SSSR count). The zero-order valence-electron chi connectivity index (χ0n) is 20.0. The van der Waals surface area contributed by atoms with Gasteiger partial charge in [0.25, 0.3) is 0 Å². The minimum absolute atomic E-state index is 0.136. The van der Waals surface area contributed by atoms with Crippen LogP contribution in [0, 0.1) is 34.6 Å². The molecule has 4 aromatic rings. The molecule has 0 saturated heterocycles. The first-order valence-corrected chi connectivity index (χ1v) is 11.1. The summed E-state index contributed by atoms with van der Waals surface area (Å²) < 4.78 is 6.01. The second kappa shape index (κ2) is 9.02. The van der Waals surface area contributed by atoms with E-state index in [4.69, 9.17) is 4.74 Å². The van der Waals surface area contributed by atoms with Crippen molar-refractivity contribution in [3.8, 4) is 28.7 Å². The van der Waals surface area contributed by atoms with E-state index in [1.807, 2.05) is 75.9 Å². The molecular weight excluding hydrogens is 426 g/mol. The van der Waals surface area contributed by atoms with Gasteiger partial charge in [-0.15, -0.1) is 0 Å². The molecule has 0 bridgehead atoms. The van der Waals surface area contributed by atoms with Gasteiger partial charge in [0.05, 0.1) is 11.4 Å². The first-order valence-electron chi connectivity index (χ1n) is 11.1. The Morgan fingerprint density at radius 2 is 1.12 bits per heavy atom. The molecule has 0 radical (unpaired) electrons. The normalized spacial score (nSPS) is 10.9. The van der Waals surface area contributed by atoms with Gasteiger partial charge in [-0.25, -0.2) is 0 Å². The smallest absolute Gasteiger partial charge is 0.140 e. The number of nitrogens with zero attached hydrogens (tertiary/aromatic N) is 1. The number of hydrogen-bond donors (Lipinski definition) is 3. The highest BCUT2D eigenvalue weighted by atomic mass is 16.5. The van der Waals surface area contributed by atoms with E-state index in [0.29, 0.717) is 22.9 Å². The van der Waals surface area contributed by atoms with E-state index >= 15 is 0 Å². The Balaban J connectivity index is 1.82. The summed E-state index contributed by atoms with van der Waals surface area (Å²) in [5, 5.41) is 31.5. The van der Waals surface area contributed by atoms with Crippen LogP contribution in [0.4, 0.5) is 17.1 Å². The number of rotatable bonds is 5. The van der Waals surface area contributed by atoms with Crippen molar-refractivity contribution in [2.45, 2.75) is 34.6 Å². The molecule has 174 valence electrons. The minimum Gasteiger partial charge on any atom is -0.508 e. The van der Waals surface area contributed by atoms with Crippen molar-refractivity contribution in [3.63, 3.8) is 0 Å². The van der Waals surface area contributed by atoms with Crippen LogP contribution in [0.25, 0.3) is 0 Å². The zero-order valence-corrected chi connectivity index (χ0v) is 20.0. The van der Waals surface area contributed by atoms with Crippen molar-refractivity contribution in [2.75, 3.05) is 4.90 Å². The largest absolute Gasteiger partial charge is 0.508 e. The lowest BCUT2D eigenvalue weighted by Crippen LogP contribution is -2.13. The fourth-order valence-corrected chi connectivity index (χ4v) is 4.37. The molecule has 0 unspecified atom stereocenters. The predicted octanol–water partition coefficient (Wildman–Crippen LogP) is 7.61. The summed E-state index contributed by atoms with van der Waals surface area (Å²) >= 11 is 0. The molecule has 34 heavy (non-hydrogen) atoms. The quantitative estimate of drug-likeness (QED) is 0.289. The first kappa shape index (κ1) is 23.1. The van der Waals surface area contributed by atoms with E-state index in [1.165, 1.54) is 0 Å². The van der Waals surface area contributed by atoms with Gasteiger partial charge < -0.3 is 25.0 Å². The van der Waals surface area contributed by atoms with E-state index in [1.54, 1.807) is 30.3 Å². The van der Waals surface area contributed by atoms with E-state index in [0.717, 1.165) is 33.5 Å². The van der Waals surface area contributed by atoms with Crippen molar-refractivity contribution in [3.05, 3.63) is 94.5 Å². The van der Waals surface area contributed by atoms with Crippen LogP contribution in [0.2, 0.25) is 0 Å². The number of benzene rings is 4. The topological polar surface area (TPSA) is 73.2 Å². The van der Waals surface area contributed by atoms with E-state index in [-0.39, 0.29) is 17.2 Å². The van der Waals surface area contributed by atoms with Crippen LogP contribution in [-0.4, -0.2) is 15.3 Å². The van der Waals surface area contributed by atoms with Gasteiger partial charge in [-0.1, -0.05) is 12.1 Å². The van der Waals surface area contributed by atoms with Gasteiger partial charge in [0, 0.05) is 5.69 Å². The number of phenolic OH excluding ortho intramolecular Hbond substituents is 3. The van der Waals surface area contributed by atoms with Gasteiger partial charge in [-0.2, -0.15) is 0 Å². The molecule has 0 amide bonds. The summed E-state index contributed by atoms with van der Waals surface area (Å²) in [6.45, 7) is 9.64. The van der Waals surface area contributed by atoms with Crippen LogP contribution in [0.1, 0.15) is 27.8 Å². The van der Waals surface area contributed by atoms with Crippen molar-refractivity contribution < 1.29 is 20.1 Å². The molecule has 5 heteroatoms. The Morgan fingerprint density at radius 3 is 1.59 bits per heavy atom. The van der Waals surface area contributed by atoms with Gasteiger partial charge in [-0.05, 0) is 117 Å². The first-order chi connectivity index (χ1) is 16.1. The number of anilines is 3. The molecule has 4 aromatic carbocycles. The van der Waals surface area contributed by atoms with Crippen molar-refractivity contribution in [1.29, 1.82) is 0 Å². The van der Waals surface area contributed by atoms with Crippen LogP contribution in [0.15, 0.2) is 66.7 Å². The van der Waals surface area contributed by atoms with E-state index < -0.39 is 0 Å². The van der Waals surface area contributed by atoms with Crippen LogP contribution in [0.3, 0.4) is 0 Å². The number of aromatic hydroxyl groups is 3. The van der Waals surface area contributed by atoms with Crippen molar-refractivity contribution in [2.24, 2.45) is 0 Å². The fraction of sp³-hybridized carbons (Fsp3) is 0.172.